The van der Waals surface area contributed by atoms with Gasteiger partial charge in [0.15, 0.2) is 17.1 Å². The molecule has 23 heavy (non-hydrogen) atoms. The molecule has 0 aliphatic rings. The van der Waals surface area contributed by atoms with Gasteiger partial charge in [-0.1, -0.05) is 17.4 Å². The van der Waals surface area contributed by atoms with Gasteiger partial charge in [-0.2, -0.15) is 4.57 Å². The van der Waals surface area contributed by atoms with Gasteiger partial charge in [0, 0.05) is 12.1 Å². The minimum absolute atomic E-state index is 0.0511. The normalized spacial score (nSPS) is 12.7. The molecule has 2 heterocycles. The number of hydrogen-bond acceptors (Lipinski definition) is 6. The summed E-state index contributed by atoms with van der Waals surface area (Å²) in [5.74, 6) is -1.24. The van der Waals surface area contributed by atoms with Crippen LogP contribution in [-0.2, 0) is 19.1 Å². The van der Waals surface area contributed by atoms with Gasteiger partial charge in [0.1, 0.15) is 5.35 Å². The first kappa shape index (κ1) is 16.6. The van der Waals surface area contributed by atoms with Gasteiger partial charge >= 0.3 is 17.6 Å². The van der Waals surface area contributed by atoms with Crippen molar-refractivity contribution in [1.29, 1.82) is 0 Å². The predicted octanol–water partition coefficient (Wildman–Crippen LogP) is -1.10. The maximum atomic E-state index is 12.2. The summed E-state index contributed by atoms with van der Waals surface area (Å²) in [6.07, 6.45) is 4.36. The molecule has 0 bridgehead atoms. The van der Waals surface area contributed by atoms with Gasteiger partial charge in [0.2, 0.25) is 0 Å². The number of esters is 2. The number of carbonyl (C=O) groups is 2. The lowest BCUT2D eigenvalue weighted by molar-refractivity contribution is -0.579. The second-order valence-electron chi connectivity index (χ2n) is 4.28. The molecule has 0 fully saturated rings. The molecule has 2 aromatic heterocycles. The third kappa shape index (κ3) is 3.92. The van der Waals surface area contributed by atoms with Gasteiger partial charge in [-0.25, -0.2) is 9.59 Å². The summed E-state index contributed by atoms with van der Waals surface area (Å²) < 4.78 is 11.0. The molecule has 8 heteroatoms. The Labute approximate surface area is 135 Å². The lowest BCUT2D eigenvalue weighted by Gasteiger charge is -2.00. The Morgan fingerprint density at radius 1 is 1.30 bits per heavy atom. The standard InChI is InChI=1S/C15H14N2O5S/c1-3-22-14(19)12(17-7-5-4-6-8-17)13-16-10(15(20)23-13)9-11(18)21-2/h4-9H,3H2,1-2H3/p+1. The summed E-state index contributed by atoms with van der Waals surface area (Å²) in [7, 11) is 1.21. The van der Waals surface area contributed by atoms with Crippen LogP contribution in [0.2, 0.25) is 0 Å². The lowest BCUT2D eigenvalue weighted by atomic mass is 10.4. The molecule has 0 aromatic carbocycles. The van der Waals surface area contributed by atoms with Crippen LogP contribution in [0.4, 0.5) is 0 Å². The van der Waals surface area contributed by atoms with Crippen molar-refractivity contribution in [3.8, 4) is 0 Å². The van der Waals surface area contributed by atoms with Crippen molar-refractivity contribution in [2.45, 2.75) is 6.92 Å². The maximum absolute atomic E-state index is 12.2. The lowest BCUT2D eigenvalue weighted by Crippen LogP contribution is -2.41. The molecule has 0 spiro atoms. The van der Waals surface area contributed by atoms with Crippen LogP contribution in [0.15, 0.2) is 35.4 Å². The molecule has 0 radical (unpaired) electrons. The van der Waals surface area contributed by atoms with E-state index in [2.05, 4.69) is 9.72 Å². The van der Waals surface area contributed by atoms with E-state index in [4.69, 9.17) is 4.74 Å². The van der Waals surface area contributed by atoms with Crippen LogP contribution in [-0.4, -0.2) is 30.6 Å². The molecule has 0 saturated heterocycles. The number of thiazole rings is 1. The van der Waals surface area contributed by atoms with E-state index < -0.39 is 11.9 Å². The first-order valence-electron chi connectivity index (χ1n) is 6.73. The van der Waals surface area contributed by atoms with Crippen LogP contribution < -0.4 is 19.3 Å². The molecule has 7 nitrogen and oxygen atoms in total. The van der Waals surface area contributed by atoms with Crippen LogP contribution in [0.1, 0.15) is 6.92 Å². The molecule has 1 N–H and O–H groups in total. The SMILES string of the molecule is CCOC(=O)C(=c1[nH]/c(=C\C(=O)OC)c(=O)s1)[n+]1ccccc1. The van der Waals surface area contributed by atoms with E-state index in [9.17, 15) is 14.4 Å². The second-order valence-corrected chi connectivity index (χ2v) is 5.26. The molecule has 0 atom stereocenters. The Morgan fingerprint density at radius 3 is 2.61 bits per heavy atom. The van der Waals surface area contributed by atoms with Crippen LogP contribution in [0.3, 0.4) is 0 Å². The molecule has 0 unspecified atom stereocenters. The number of ether oxygens (including phenoxy) is 2. The first-order valence-corrected chi connectivity index (χ1v) is 7.55. The van der Waals surface area contributed by atoms with Gasteiger partial charge in [0.05, 0.1) is 19.8 Å². The Hall–Kier alpha value is -2.74. The number of pyridine rings is 1. The van der Waals surface area contributed by atoms with Crippen molar-refractivity contribution < 1.29 is 23.6 Å². The number of carbonyl (C=O) groups excluding carboxylic acids is 2. The number of nitrogens with zero attached hydrogens (tertiary/aromatic N) is 1. The fraction of sp³-hybridized carbons (Fsp3) is 0.200. The van der Waals surface area contributed by atoms with E-state index >= 15 is 0 Å². The van der Waals surface area contributed by atoms with E-state index in [1.807, 2.05) is 0 Å². The van der Waals surface area contributed by atoms with Crippen molar-refractivity contribution in [3.63, 3.8) is 0 Å². The average molecular weight is 335 g/mol. The highest BCUT2D eigenvalue weighted by Gasteiger charge is 2.24. The summed E-state index contributed by atoms with van der Waals surface area (Å²) in [4.78, 5) is 38.3. The van der Waals surface area contributed by atoms with E-state index in [0.717, 1.165) is 17.4 Å². The molecule has 0 aliphatic heterocycles. The highest BCUT2D eigenvalue weighted by Crippen LogP contribution is 1.94. The Balaban J connectivity index is 2.72. The quantitative estimate of drug-likeness (QED) is 0.566. The number of aromatic nitrogens is 2. The van der Waals surface area contributed by atoms with E-state index in [0.29, 0.717) is 4.66 Å². The van der Waals surface area contributed by atoms with Crippen molar-refractivity contribution >= 4 is 35.0 Å². The molecular formula is C15H15N2O5S+. The molecule has 120 valence electrons. The third-order valence-electron chi connectivity index (χ3n) is 2.78. The van der Waals surface area contributed by atoms with Crippen molar-refractivity contribution in [2.24, 2.45) is 0 Å². The van der Waals surface area contributed by atoms with Gasteiger partial charge < -0.3 is 14.5 Å². The first-order chi connectivity index (χ1) is 11.1. The fourth-order valence-corrected chi connectivity index (χ4v) is 2.64. The smallest absolute Gasteiger partial charge is 0.407 e. The zero-order valence-electron chi connectivity index (χ0n) is 12.6. The zero-order valence-corrected chi connectivity index (χ0v) is 13.4. The largest absolute Gasteiger partial charge is 0.466 e. The average Bonchev–Trinajstić information content (AvgIpc) is 2.89. The van der Waals surface area contributed by atoms with Crippen LogP contribution in [0.25, 0.3) is 11.8 Å². The molecular weight excluding hydrogens is 320 g/mol. The Morgan fingerprint density at radius 2 is 2.00 bits per heavy atom. The summed E-state index contributed by atoms with van der Waals surface area (Å²) in [6.45, 7) is 1.89. The molecule has 2 rings (SSSR count). The number of H-pyrrole nitrogens is 1. The van der Waals surface area contributed by atoms with Crippen LogP contribution >= 0.6 is 11.3 Å². The molecule has 0 amide bonds. The fourth-order valence-electron chi connectivity index (χ4n) is 1.79. The number of nitrogens with one attached hydrogen (secondary N) is 1. The monoisotopic (exact) mass is 335 g/mol. The minimum atomic E-state index is -0.659. The number of rotatable bonds is 4. The summed E-state index contributed by atoms with van der Waals surface area (Å²) in [5.41, 5.74) is 0.166. The Kier molecular flexibility index (Phi) is 5.42. The molecule has 2 aromatic rings. The van der Waals surface area contributed by atoms with Crippen molar-refractivity contribution in [2.75, 3.05) is 13.7 Å². The van der Waals surface area contributed by atoms with Crippen LogP contribution in [0, 0.1) is 0 Å². The van der Waals surface area contributed by atoms with Crippen molar-refractivity contribution in [1.82, 2.24) is 4.98 Å². The number of methoxy groups -OCH3 is 1. The van der Waals surface area contributed by atoms with E-state index in [1.165, 1.54) is 7.11 Å². The third-order valence-corrected chi connectivity index (χ3v) is 3.69. The predicted molar refractivity (Wildman–Crippen MR) is 82.7 cm³/mol. The second kappa shape index (κ2) is 7.50. The minimum Gasteiger partial charge on any atom is -0.466 e. The topological polar surface area (TPSA) is 89.3 Å². The number of hydrogen-bond donors (Lipinski definition) is 1. The molecule has 0 aliphatic carbocycles. The molecule has 0 saturated carbocycles. The highest BCUT2D eigenvalue weighted by molar-refractivity contribution is 7.07. The zero-order chi connectivity index (χ0) is 16.8. The maximum Gasteiger partial charge on any atom is 0.407 e. The van der Waals surface area contributed by atoms with Crippen LogP contribution in [0.5, 0.6) is 0 Å². The summed E-state index contributed by atoms with van der Waals surface area (Å²) in [6, 6.07) is 5.28. The summed E-state index contributed by atoms with van der Waals surface area (Å²) >= 11 is 0.815. The van der Waals surface area contributed by atoms with Gasteiger partial charge in [-0.05, 0) is 6.92 Å². The van der Waals surface area contributed by atoms with Gasteiger partial charge in [-0.3, -0.25) is 4.79 Å². The van der Waals surface area contributed by atoms with Gasteiger partial charge in [-0.15, -0.1) is 0 Å². The Bertz CT molecular complexity index is 883. The number of aromatic amines is 1. The van der Waals surface area contributed by atoms with Crippen molar-refractivity contribution in [3.05, 3.63) is 50.1 Å². The van der Waals surface area contributed by atoms with E-state index in [-0.39, 0.29) is 22.4 Å². The highest BCUT2D eigenvalue weighted by atomic mass is 32.1. The van der Waals surface area contributed by atoms with E-state index in [1.54, 1.807) is 42.1 Å². The summed E-state index contributed by atoms with van der Waals surface area (Å²) in [5, 5.41) is 0.0511. The van der Waals surface area contributed by atoms with Gasteiger partial charge in [0.25, 0.3) is 4.74 Å².